The van der Waals surface area contributed by atoms with Crippen LogP contribution in [0.2, 0.25) is 0 Å². The van der Waals surface area contributed by atoms with E-state index in [1.807, 2.05) is 24.3 Å². The topological polar surface area (TPSA) is 82.9 Å². The normalized spacial score (nSPS) is 11.4. The predicted molar refractivity (Wildman–Crippen MR) is 91.9 cm³/mol. The van der Waals surface area contributed by atoms with Crippen LogP contribution in [0.25, 0.3) is 10.9 Å². The summed E-state index contributed by atoms with van der Waals surface area (Å²) in [7, 11) is -1.68. The van der Waals surface area contributed by atoms with Gasteiger partial charge in [-0.3, -0.25) is 0 Å². The monoisotopic (exact) mass is 340 g/mol. The van der Waals surface area contributed by atoms with Crippen molar-refractivity contribution in [2.75, 3.05) is 13.4 Å². The lowest BCUT2D eigenvalue weighted by molar-refractivity contribution is 0.414. The number of aromatic amines is 1. The third-order valence-electron chi connectivity index (χ3n) is 3.96. The third-order valence-corrected chi connectivity index (χ3v) is 5.07. The zero-order chi connectivity index (χ0) is 17.3. The summed E-state index contributed by atoms with van der Waals surface area (Å²) in [5.41, 5.74) is 3.00. The largest absolute Gasteiger partial charge is 0.497 e. The predicted octanol–water partition coefficient (Wildman–Crippen LogP) is 3.04. The number of rotatable bonds is 4. The molecule has 5 nitrogen and oxygen atoms in total. The molecule has 0 aliphatic heterocycles. The first kappa shape index (κ1) is 16.1. The van der Waals surface area contributed by atoms with Gasteiger partial charge >= 0.3 is 0 Å². The van der Waals surface area contributed by atoms with Crippen LogP contribution in [-0.4, -0.2) is 26.8 Å². The number of nitrogens with zero attached hydrogens (tertiary/aromatic N) is 1. The first-order valence-electron chi connectivity index (χ1n) is 7.30. The molecule has 3 rings (SSSR count). The second kappa shape index (κ2) is 6.02. The van der Waals surface area contributed by atoms with E-state index in [2.05, 4.69) is 11.1 Å². The molecule has 1 aromatic heterocycles. The van der Waals surface area contributed by atoms with E-state index >= 15 is 0 Å². The third kappa shape index (κ3) is 2.99. The fraction of sp³-hybridized carbons (Fsp3) is 0.167. The average molecular weight is 340 g/mol. The quantitative estimate of drug-likeness (QED) is 0.791. The van der Waals surface area contributed by atoms with Crippen molar-refractivity contribution in [3.63, 3.8) is 0 Å². The highest BCUT2D eigenvalue weighted by molar-refractivity contribution is 7.90. The minimum Gasteiger partial charge on any atom is -0.497 e. The minimum absolute atomic E-state index is 0.233. The molecule has 122 valence electrons. The summed E-state index contributed by atoms with van der Waals surface area (Å²) in [6.45, 7) is 0. The number of benzene rings is 2. The van der Waals surface area contributed by atoms with Crippen molar-refractivity contribution < 1.29 is 13.2 Å². The van der Waals surface area contributed by atoms with Gasteiger partial charge in [-0.1, -0.05) is 18.2 Å². The summed E-state index contributed by atoms with van der Waals surface area (Å²) in [5.74, 6) is 0.774. The molecule has 24 heavy (non-hydrogen) atoms. The molecule has 6 heteroatoms. The standard InChI is InChI=1S/C18H16N2O3S/c1-23-13-5-3-12(4-6-13)9-16-15-8-7-14(24(2,21)22)10-17(15)20-18(16)11-19/h3-8,10,20H,9H2,1-2H3. The van der Waals surface area contributed by atoms with Crippen LogP contribution in [0.15, 0.2) is 47.4 Å². The van der Waals surface area contributed by atoms with Crippen molar-refractivity contribution >= 4 is 20.7 Å². The van der Waals surface area contributed by atoms with E-state index in [1.165, 1.54) is 6.26 Å². The lowest BCUT2D eigenvalue weighted by Crippen LogP contribution is -1.96. The van der Waals surface area contributed by atoms with Gasteiger partial charge in [0.25, 0.3) is 0 Å². The van der Waals surface area contributed by atoms with Crippen LogP contribution < -0.4 is 4.74 Å². The number of fused-ring (bicyclic) bond motifs is 1. The van der Waals surface area contributed by atoms with Crippen molar-refractivity contribution in [3.8, 4) is 11.8 Å². The first-order valence-corrected chi connectivity index (χ1v) is 9.19. The molecule has 0 unspecified atom stereocenters. The Morgan fingerprint density at radius 3 is 2.46 bits per heavy atom. The van der Waals surface area contributed by atoms with Gasteiger partial charge in [0.1, 0.15) is 17.5 Å². The average Bonchev–Trinajstić information content (AvgIpc) is 2.92. The molecule has 1 N–H and O–H groups in total. The summed E-state index contributed by atoms with van der Waals surface area (Å²) in [6, 6.07) is 14.7. The highest BCUT2D eigenvalue weighted by atomic mass is 32.2. The molecule has 2 aromatic carbocycles. The molecule has 3 aromatic rings. The molecular formula is C18H16N2O3S. The lowest BCUT2D eigenvalue weighted by atomic mass is 10.0. The number of nitriles is 1. The zero-order valence-corrected chi connectivity index (χ0v) is 14.1. The fourth-order valence-electron chi connectivity index (χ4n) is 2.69. The van der Waals surface area contributed by atoms with Gasteiger partial charge < -0.3 is 9.72 Å². The van der Waals surface area contributed by atoms with Crippen molar-refractivity contribution in [1.82, 2.24) is 4.98 Å². The number of aromatic nitrogens is 1. The molecule has 0 saturated carbocycles. The molecule has 0 saturated heterocycles. The number of ether oxygens (including phenoxy) is 1. The van der Waals surface area contributed by atoms with E-state index in [9.17, 15) is 13.7 Å². The van der Waals surface area contributed by atoms with Gasteiger partial charge in [0.2, 0.25) is 0 Å². The maximum absolute atomic E-state index is 11.7. The first-order chi connectivity index (χ1) is 11.4. The Labute approximate surface area is 140 Å². The lowest BCUT2D eigenvalue weighted by Gasteiger charge is -2.04. The van der Waals surface area contributed by atoms with Crippen LogP contribution in [-0.2, 0) is 16.3 Å². The summed E-state index contributed by atoms with van der Waals surface area (Å²) in [5, 5.41) is 10.2. The van der Waals surface area contributed by atoms with E-state index in [1.54, 1.807) is 25.3 Å². The van der Waals surface area contributed by atoms with E-state index in [4.69, 9.17) is 4.74 Å². The number of H-pyrrole nitrogens is 1. The number of sulfone groups is 1. The summed E-state index contributed by atoms with van der Waals surface area (Å²) in [6.07, 6.45) is 1.74. The molecule has 0 bridgehead atoms. The van der Waals surface area contributed by atoms with Gasteiger partial charge in [-0.15, -0.1) is 0 Å². The minimum atomic E-state index is -3.29. The summed E-state index contributed by atoms with van der Waals surface area (Å²) < 4.78 is 28.5. The highest BCUT2D eigenvalue weighted by Gasteiger charge is 2.15. The molecule has 0 fully saturated rings. The SMILES string of the molecule is COc1ccc(Cc2c(C#N)[nH]c3cc(S(C)(=O)=O)ccc23)cc1. The summed E-state index contributed by atoms with van der Waals surface area (Å²) >= 11 is 0. The fourth-order valence-corrected chi connectivity index (χ4v) is 3.34. The van der Waals surface area contributed by atoms with Gasteiger partial charge in [-0.25, -0.2) is 8.42 Å². The van der Waals surface area contributed by atoms with E-state index in [0.29, 0.717) is 17.6 Å². The van der Waals surface area contributed by atoms with Gasteiger partial charge in [0, 0.05) is 29.1 Å². The molecule has 0 radical (unpaired) electrons. The van der Waals surface area contributed by atoms with Crippen molar-refractivity contribution in [2.24, 2.45) is 0 Å². The highest BCUT2D eigenvalue weighted by Crippen LogP contribution is 2.27. The smallest absolute Gasteiger partial charge is 0.175 e. The zero-order valence-electron chi connectivity index (χ0n) is 13.3. The Morgan fingerprint density at radius 2 is 1.88 bits per heavy atom. The molecule has 0 aliphatic carbocycles. The second-order valence-electron chi connectivity index (χ2n) is 5.59. The molecule has 1 heterocycles. The van der Waals surface area contributed by atoms with Gasteiger partial charge in [0.15, 0.2) is 9.84 Å². The Hall–Kier alpha value is -2.78. The molecule has 0 amide bonds. The van der Waals surface area contributed by atoms with Crippen LogP contribution in [0.4, 0.5) is 0 Å². The Balaban J connectivity index is 2.07. The van der Waals surface area contributed by atoms with Crippen LogP contribution in [0.5, 0.6) is 5.75 Å². The number of hydrogen-bond acceptors (Lipinski definition) is 4. The maximum Gasteiger partial charge on any atom is 0.175 e. The number of hydrogen-bond donors (Lipinski definition) is 1. The maximum atomic E-state index is 11.7. The van der Waals surface area contributed by atoms with Crippen molar-refractivity contribution in [3.05, 3.63) is 59.3 Å². The Kier molecular flexibility index (Phi) is 4.04. The molecule has 0 spiro atoms. The van der Waals surface area contributed by atoms with Gasteiger partial charge in [-0.05, 0) is 29.8 Å². The van der Waals surface area contributed by atoms with Crippen LogP contribution in [0.1, 0.15) is 16.8 Å². The summed E-state index contributed by atoms with van der Waals surface area (Å²) in [4.78, 5) is 3.25. The molecular weight excluding hydrogens is 324 g/mol. The molecule has 0 atom stereocenters. The Bertz CT molecular complexity index is 1040. The van der Waals surface area contributed by atoms with Crippen molar-refractivity contribution in [2.45, 2.75) is 11.3 Å². The number of methoxy groups -OCH3 is 1. The van der Waals surface area contributed by atoms with Crippen LogP contribution >= 0.6 is 0 Å². The van der Waals surface area contributed by atoms with Gasteiger partial charge in [-0.2, -0.15) is 5.26 Å². The van der Waals surface area contributed by atoms with Crippen molar-refractivity contribution in [1.29, 1.82) is 5.26 Å². The van der Waals surface area contributed by atoms with E-state index in [0.717, 1.165) is 22.3 Å². The van der Waals surface area contributed by atoms with Crippen LogP contribution in [0.3, 0.4) is 0 Å². The second-order valence-corrected chi connectivity index (χ2v) is 7.61. The van der Waals surface area contributed by atoms with Crippen LogP contribution in [0, 0.1) is 11.3 Å². The molecule has 0 aliphatic rings. The Morgan fingerprint density at radius 1 is 1.17 bits per heavy atom. The number of nitrogens with one attached hydrogen (secondary N) is 1. The van der Waals surface area contributed by atoms with E-state index in [-0.39, 0.29) is 4.90 Å². The van der Waals surface area contributed by atoms with Gasteiger partial charge in [0.05, 0.1) is 12.0 Å². The van der Waals surface area contributed by atoms with E-state index < -0.39 is 9.84 Å².